The number of aliphatic hydroxyl groups is 1. The van der Waals surface area contributed by atoms with E-state index in [0.717, 1.165) is 12.1 Å². The summed E-state index contributed by atoms with van der Waals surface area (Å²) in [5, 5.41) is 9.69. The smallest absolute Gasteiger partial charge is 0.334 e. The molecule has 1 atom stereocenters. The van der Waals surface area contributed by atoms with Crippen molar-refractivity contribution < 1.29 is 23.4 Å². The van der Waals surface area contributed by atoms with Gasteiger partial charge in [-0.25, -0.2) is 13.6 Å². The van der Waals surface area contributed by atoms with Crippen LogP contribution < -0.4 is 0 Å². The number of benzene rings is 1. The maximum absolute atomic E-state index is 13.7. The zero-order valence-corrected chi connectivity index (χ0v) is 12.0. The number of rotatable bonds is 4. The van der Waals surface area contributed by atoms with Crippen LogP contribution in [0.5, 0.6) is 0 Å². The maximum Gasteiger partial charge on any atom is 0.334 e. The zero-order valence-electron chi connectivity index (χ0n) is 12.0. The van der Waals surface area contributed by atoms with E-state index in [1.54, 1.807) is 0 Å². The van der Waals surface area contributed by atoms with Crippen LogP contribution in [0.1, 0.15) is 32.3 Å². The molecule has 1 aliphatic rings. The van der Waals surface area contributed by atoms with E-state index in [0.29, 0.717) is 18.4 Å². The fourth-order valence-corrected chi connectivity index (χ4v) is 2.58. The molecule has 1 heterocycles. The lowest BCUT2D eigenvalue weighted by molar-refractivity contribution is -0.163. The molecule has 0 aliphatic carbocycles. The van der Waals surface area contributed by atoms with Crippen LogP contribution in [0.15, 0.2) is 30.0 Å². The Morgan fingerprint density at radius 1 is 1.38 bits per heavy atom. The van der Waals surface area contributed by atoms with E-state index in [2.05, 4.69) is 0 Å². The molecule has 0 spiro atoms. The minimum Gasteiger partial charge on any atom is -0.512 e. The lowest BCUT2D eigenvalue weighted by Crippen LogP contribution is -2.43. The van der Waals surface area contributed by atoms with E-state index < -0.39 is 23.2 Å². The van der Waals surface area contributed by atoms with Gasteiger partial charge in [0.05, 0.1) is 6.08 Å². The van der Waals surface area contributed by atoms with Crippen LogP contribution in [0.25, 0.3) is 0 Å². The highest BCUT2D eigenvalue weighted by Crippen LogP contribution is 2.36. The van der Waals surface area contributed by atoms with Gasteiger partial charge in [-0.05, 0) is 30.4 Å². The molecule has 1 aromatic carbocycles. The van der Waals surface area contributed by atoms with Crippen LogP contribution in [0.2, 0.25) is 0 Å². The van der Waals surface area contributed by atoms with E-state index >= 15 is 0 Å². The summed E-state index contributed by atoms with van der Waals surface area (Å²) < 4.78 is 32.0. The monoisotopic (exact) mass is 296 g/mol. The van der Waals surface area contributed by atoms with Gasteiger partial charge in [0.2, 0.25) is 0 Å². The fourth-order valence-electron chi connectivity index (χ4n) is 2.58. The van der Waals surface area contributed by atoms with Gasteiger partial charge in [0.1, 0.15) is 23.0 Å². The molecule has 0 bridgehead atoms. The van der Waals surface area contributed by atoms with Crippen LogP contribution in [-0.4, -0.2) is 16.7 Å². The highest BCUT2D eigenvalue weighted by atomic mass is 19.1. The van der Waals surface area contributed by atoms with Crippen LogP contribution in [0.3, 0.4) is 0 Å². The van der Waals surface area contributed by atoms with Crippen molar-refractivity contribution in [1.82, 2.24) is 0 Å². The van der Waals surface area contributed by atoms with Gasteiger partial charge in [-0.3, -0.25) is 0 Å². The molecule has 0 saturated carbocycles. The molecule has 1 aliphatic heterocycles. The van der Waals surface area contributed by atoms with Gasteiger partial charge >= 0.3 is 5.97 Å². The third-order valence-electron chi connectivity index (χ3n) is 3.95. The molecule has 0 saturated heterocycles. The largest absolute Gasteiger partial charge is 0.512 e. The number of halogens is 2. The first kappa shape index (κ1) is 15.5. The van der Waals surface area contributed by atoms with E-state index in [-0.39, 0.29) is 18.1 Å². The Morgan fingerprint density at radius 3 is 2.67 bits per heavy atom. The normalized spacial score (nSPS) is 22.1. The second-order valence-corrected chi connectivity index (χ2v) is 5.69. The van der Waals surface area contributed by atoms with Crippen molar-refractivity contribution in [1.29, 1.82) is 0 Å². The highest BCUT2D eigenvalue weighted by Gasteiger charge is 2.41. The average Bonchev–Trinajstić information content (AvgIpc) is 2.36. The summed E-state index contributed by atoms with van der Waals surface area (Å²) in [5.41, 5.74) is -0.502. The van der Waals surface area contributed by atoms with Crippen molar-refractivity contribution >= 4 is 5.97 Å². The summed E-state index contributed by atoms with van der Waals surface area (Å²) >= 11 is 0. The van der Waals surface area contributed by atoms with Gasteiger partial charge in [-0.2, -0.15) is 0 Å². The number of cyclic esters (lactones) is 1. The maximum atomic E-state index is 13.7. The van der Waals surface area contributed by atoms with Gasteiger partial charge in [0, 0.05) is 12.5 Å². The number of carbonyl (C=O) groups is 1. The molecule has 1 N–H and O–H groups in total. The van der Waals surface area contributed by atoms with Crippen LogP contribution in [0, 0.1) is 17.6 Å². The van der Waals surface area contributed by atoms with Crippen LogP contribution in [0.4, 0.5) is 8.78 Å². The first-order valence-corrected chi connectivity index (χ1v) is 6.89. The minimum absolute atomic E-state index is 0.0282. The van der Waals surface area contributed by atoms with E-state index in [4.69, 9.17) is 4.74 Å². The predicted molar refractivity (Wildman–Crippen MR) is 73.7 cm³/mol. The van der Waals surface area contributed by atoms with Crippen molar-refractivity contribution in [2.75, 3.05) is 0 Å². The van der Waals surface area contributed by atoms with Gasteiger partial charge < -0.3 is 9.84 Å². The second-order valence-electron chi connectivity index (χ2n) is 5.69. The number of carbonyl (C=O) groups excluding carboxylic acids is 1. The fraction of sp³-hybridized carbons (Fsp3) is 0.438. The zero-order chi connectivity index (χ0) is 15.6. The third-order valence-corrected chi connectivity index (χ3v) is 3.95. The highest BCUT2D eigenvalue weighted by molar-refractivity contribution is 5.83. The van der Waals surface area contributed by atoms with Crippen LogP contribution in [-0.2, 0) is 16.0 Å². The number of aryl methyl sites for hydroxylation is 1. The predicted octanol–water partition coefficient (Wildman–Crippen LogP) is 3.68. The van der Waals surface area contributed by atoms with E-state index in [9.17, 15) is 18.7 Å². The standard InChI is InChI=1S/C16H18F2O3/c1-10(2)16(9-13(19)8-15(20)21-16)6-5-11-3-4-12(17)7-14(11)18/h3-4,7-8,10,19H,5-6,9H2,1-2H3. The average molecular weight is 296 g/mol. The van der Waals surface area contributed by atoms with Crippen molar-refractivity contribution in [3.05, 3.63) is 47.2 Å². The molecular formula is C16H18F2O3. The molecule has 1 unspecified atom stereocenters. The van der Waals surface area contributed by atoms with Crippen LogP contribution >= 0.6 is 0 Å². The number of aliphatic hydroxyl groups excluding tert-OH is 1. The third kappa shape index (κ3) is 3.40. The van der Waals surface area contributed by atoms with Crippen molar-refractivity contribution in [3.8, 4) is 0 Å². The second kappa shape index (κ2) is 5.84. The molecule has 0 aromatic heterocycles. The molecule has 0 fully saturated rings. The molecule has 0 amide bonds. The van der Waals surface area contributed by atoms with E-state index in [1.165, 1.54) is 12.1 Å². The molecule has 114 valence electrons. The molecule has 0 radical (unpaired) electrons. The van der Waals surface area contributed by atoms with Crippen molar-refractivity contribution in [2.45, 2.75) is 38.7 Å². The quantitative estimate of drug-likeness (QED) is 0.862. The van der Waals surface area contributed by atoms with Crippen molar-refractivity contribution in [2.24, 2.45) is 5.92 Å². The Bertz CT molecular complexity index is 581. The molecule has 1 aromatic rings. The first-order valence-electron chi connectivity index (χ1n) is 6.89. The molecule has 2 rings (SSSR count). The summed E-state index contributed by atoms with van der Waals surface area (Å²) in [7, 11) is 0. The lowest BCUT2D eigenvalue weighted by atomic mass is 9.80. The lowest BCUT2D eigenvalue weighted by Gasteiger charge is -2.39. The summed E-state index contributed by atoms with van der Waals surface area (Å²) in [6.07, 6.45) is 1.92. The Hall–Kier alpha value is -1.91. The molecular weight excluding hydrogens is 278 g/mol. The van der Waals surface area contributed by atoms with Gasteiger partial charge in [-0.1, -0.05) is 19.9 Å². The van der Waals surface area contributed by atoms with Crippen molar-refractivity contribution in [3.63, 3.8) is 0 Å². The SMILES string of the molecule is CC(C)C1(CCc2ccc(F)cc2F)CC(O)=CC(=O)O1. The van der Waals surface area contributed by atoms with Gasteiger partial charge in [0.25, 0.3) is 0 Å². The summed E-state index contributed by atoms with van der Waals surface area (Å²) in [5.74, 6) is -1.90. The van der Waals surface area contributed by atoms with Gasteiger partial charge in [0.15, 0.2) is 0 Å². The first-order chi connectivity index (χ1) is 9.82. The number of hydrogen-bond acceptors (Lipinski definition) is 3. The molecule has 3 nitrogen and oxygen atoms in total. The molecule has 21 heavy (non-hydrogen) atoms. The summed E-state index contributed by atoms with van der Waals surface area (Å²) in [6.45, 7) is 3.76. The van der Waals surface area contributed by atoms with E-state index in [1.807, 2.05) is 13.8 Å². The number of ether oxygens (including phenoxy) is 1. The Morgan fingerprint density at radius 2 is 2.10 bits per heavy atom. The Labute approximate surface area is 122 Å². The Balaban J connectivity index is 2.18. The minimum atomic E-state index is -0.864. The summed E-state index contributed by atoms with van der Waals surface area (Å²) in [6, 6.07) is 3.42. The summed E-state index contributed by atoms with van der Waals surface area (Å²) in [4.78, 5) is 11.5. The number of esters is 1. The number of hydrogen-bond donors (Lipinski definition) is 1. The Kier molecular flexibility index (Phi) is 4.30. The van der Waals surface area contributed by atoms with Gasteiger partial charge in [-0.15, -0.1) is 0 Å². The molecule has 5 heteroatoms. The topological polar surface area (TPSA) is 46.5 Å².